The molecule has 2 N–H and O–H groups in total. The number of likely N-dealkylation sites (N-methyl/N-ethyl adjacent to an activating group) is 1. The van der Waals surface area contributed by atoms with Crippen LogP contribution in [-0.4, -0.2) is 40.2 Å². The van der Waals surface area contributed by atoms with Gasteiger partial charge in [0.05, 0.1) is 6.61 Å². The van der Waals surface area contributed by atoms with Gasteiger partial charge in [0.25, 0.3) is 5.56 Å². The Bertz CT molecular complexity index is 662. The summed E-state index contributed by atoms with van der Waals surface area (Å²) in [6.45, 7) is 5.19. The molecule has 0 spiro atoms. The van der Waals surface area contributed by atoms with Crippen molar-refractivity contribution in [2.45, 2.75) is 20.4 Å². The minimum Gasteiger partial charge on any atom is -0.395 e. The fourth-order valence-electron chi connectivity index (χ4n) is 2.11. The van der Waals surface area contributed by atoms with Crippen molar-refractivity contribution in [2.24, 2.45) is 0 Å². The number of aromatic amines is 1. The number of nitrogens with one attached hydrogen (secondary N) is 1. The van der Waals surface area contributed by atoms with Gasteiger partial charge in [0, 0.05) is 29.9 Å². The van der Waals surface area contributed by atoms with Crippen molar-refractivity contribution >= 4 is 0 Å². The Labute approximate surface area is 124 Å². The molecule has 0 aliphatic rings. The number of hydrogen-bond acceptors (Lipinski definition) is 4. The van der Waals surface area contributed by atoms with E-state index in [-0.39, 0.29) is 12.2 Å². The van der Waals surface area contributed by atoms with Gasteiger partial charge in [0.15, 0.2) is 0 Å². The van der Waals surface area contributed by atoms with Crippen LogP contribution < -0.4 is 5.56 Å². The SMILES string of the molecule is Cc1nc(-c2ccc(CN(C)CCO)cc2)[nH]c(=O)c1C. The number of H-pyrrole nitrogens is 1. The monoisotopic (exact) mass is 287 g/mol. The normalized spacial score (nSPS) is 11.1. The van der Waals surface area contributed by atoms with Crippen molar-refractivity contribution < 1.29 is 5.11 Å². The Hall–Kier alpha value is -1.98. The Morgan fingerprint density at radius 1 is 1.24 bits per heavy atom. The maximum absolute atomic E-state index is 11.8. The molecule has 0 aliphatic heterocycles. The number of aryl methyl sites for hydroxylation is 1. The number of rotatable bonds is 5. The number of benzene rings is 1. The topological polar surface area (TPSA) is 69.2 Å². The second-order valence-corrected chi connectivity index (χ2v) is 5.28. The summed E-state index contributed by atoms with van der Waals surface area (Å²) >= 11 is 0. The maximum atomic E-state index is 11.8. The van der Waals surface area contributed by atoms with Crippen molar-refractivity contribution in [3.05, 3.63) is 51.4 Å². The number of aliphatic hydroxyl groups is 1. The summed E-state index contributed by atoms with van der Waals surface area (Å²) in [6.07, 6.45) is 0. The van der Waals surface area contributed by atoms with E-state index in [9.17, 15) is 4.79 Å². The highest BCUT2D eigenvalue weighted by molar-refractivity contribution is 5.55. The molecule has 0 fully saturated rings. The quantitative estimate of drug-likeness (QED) is 0.874. The van der Waals surface area contributed by atoms with Gasteiger partial charge in [-0.3, -0.25) is 9.69 Å². The third-order valence-electron chi connectivity index (χ3n) is 3.56. The van der Waals surface area contributed by atoms with Gasteiger partial charge in [-0.05, 0) is 26.5 Å². The first-order chi connectivity index (χ1) is 10.0. The lowest BCUT2D eigenvalue weighted by Gasteiger charge is -2.15. The molecule has 0 saturated carbocycles. The first-order valence-corrected chi connectivity index (χ1v) is 6.97. The molecule has 0 amide bonds. The van der Waals surface area contributed by atoms with E-state index < -0.39 is 0 Å². The minimum absolute atomic E-state index is 0.0933. The smallest absolute Gasteiger partial charge is 0.254 e. The third kappa shape index (κ3) is 3.77. The molecular weight excluding hydrogens is 266 g/mol. The molecule has 2 aromatic rings. The standard InChI is InChI=1S/C16H21N3O2/c1-11-12(2)17-15(18-16(11)21)14-6-4-13(5-7-14)10-19(3)8-9-20/h4-7,20H,8-10H2,1-3H3,(H,17,18,21). The Morgan fingerprint density at radius 2 is 1.90 bits per heavy atom. The van der Waals surface area contributed by atoms with E-state index in [1.807, 2.05) is 43.1 Å². The predicted molar refractivity (Wildman–Crippen MR) is 83.2 cm³/mol. The fourth-order valence-corrected chi connectivity index (χ4v) is 2.11. The molecule has 21 heavy (non-hydrogen) atoms. The number of nitrogens with zero attached hydrogens (tertiary/aromatic N) is 2. The molecule has 5 nitrogen and oxygen atoms in total. The van der Waals surface area contributed by atoms with Crippen LogP contribution in [-0.2, 0) is 6.54 Å². The Kier molecular flexibility index (Phi) is 4.88. The van der Waals surface area contributed by atoms with Crippen LogP contribution in [0.5, 0.6) is 0 Å². The number of aliphatic hydroxyl groups excluding tert-OH is 1. The molecule has 0 unspecified atom stereocenters. The van der Waals surface area contributed by atoms with Crippen LogP contribution in [0.4, 0.5) is 0 Å². The lowest BCUT2D eigenvalue weighted by molar-refractivity contribution is 0.217. The molecule has 0 aliphatic carbocycles. The molecule has 112 valence electrons. The summed E-state index contributed by atoms with van der Waals surface area (Å²) < 4.78 is 0. The molecular formula is C16H21N3O2. The van der Waals surface area contributed by atoms with Crippen LogP contribution in [0.2, 0.25) is 0 Å². The maximum Gasteiger partial charge on any atom is 0.254 e. The van der Waals surface area contributed by atoms with E-state index in [0.29, 0.717) is 17.9 Å². The first kappa shape index (κ1) is 15.4. The van der Waals surface area contributed by atoms with E-state index >= 15 is 0 Å². The molecule has 1 aromatic carbocycles. The van der Waals surface area contributed by atoms with Crippen LogP contribution in [0.15, 0.2) is 29.1 Å². The molecule has 1 heterocycles. The average Bonchev–Trinajstić information content (AvgIpc) is 2.45. The van der Waals surface area contributed by atoms with Crippen molar-refractivity contribution in [3.8, 4) is 11.4 Å². The minimum atomic E-state index is -0.0933. The van der Waals surface area contributed by atoms with Crippen LogP contribution in [0.25, 0.3) is 11.4 Å². The summed E-state index contributed by atoms with van der Waals surface area (Å²) in [5.74, 6) is 0.596. The van der Waals surface area contributed by atoms with Crippen LogP contribution in [0.3, 0.4) is 0 Å². The van der Waals surface area contributed by atoms with Crippen molar-refractivity contribution in [2.75, 3.05) is 20.2 Å². The molecule has 0 saturated heterocycles. The molecule has 5 heteroatoms. The lowest BCUT2D eigenvalue weighted by Crippen LogP contribution is -2.21. The highest BCUT2D eigenvalue weighted by atomic mass is 16.3. The molecule has 0 radical (unpaired) electrons. The van der Waals surface area contributed by atoms with Crippen molar-refractivity contribution in [1.82, 2.24) is 14.9 Å². The van der Waals surface area contributed by atoms with Crippen molar-refractivity contribution in [3.63, 3.8) is 0 Å². The molecule has 1 aromatic heterocycles. The number of hydrogen-bond donors (Lipinski definition) is 2. The van der Waals surface area contributed by atoms with Crippen molar-refractivity contribution in [1.29, 1.82) is 0 Å². The van der Waals surface area contributed by atoms with Gasteiger partial charge < -0.3 is 10.1 Å². The van der Waals surface area contributed by atoms with Gasteiger partial charge in [0.2, 0.25) is 0 Å². The van der Waals surface area contributed by atoms with E-state index in [4.69, 9.17) is 5.11 Å². The second kappa shape index (κ2) is 6.65. The Morgan fingerprint density at radius 3 is 2.48 bits per heavy atom. The van der Waals surface area contributed by atoms with Gasteiger partial charge in [-0.25, -0.2) is 4.98 Å². The zero-order valence-electron chi connectivity index (χ0n) is 12.7. The fraction of sp³-hybridized carbons (Fsp3) is 0.375. The molecule has 0 bridgehead atoms. The highest BCUT2D eigenvalue weighted by Gasteiger charge is 2.06. The van der Waals surface area contributed by atoms with Crippen LogP contribution >= 0.6 is 0 Å². The zero-order valence-corrected chi connectivity index (χ0v) is 12.7. The zero-order chi connectivity index (χ0) is 15.4. The largest absolute Gasteiger partial charge is 0.395 e. The average molecular weight is 287 g/mol. The van der Waals surface area contributed by atoms with Gasteiger partial charge in [0.1, 0.15) is 5.82 Å². The summed E-state index contributed by atoms with van der Waals surface area (Å²) in [7, 11) is 1.96. The summed E-state index contributed by atoms with van der Waals surface area (Å²) in [4.78, 5) is 21.1. The van der Waals surface area contributed by atoms with E-state index in [1.54, 1.807) is 6.92 Å². The molecule has 0 atom stereocenters. The summed E-state index contributed by atoms with van der Waals surface area (Å²) in [6, 6.07) is 7.93. The second-order valence-electron chi connectivity index (χ2n) is 5.28. The van der Waals surface area contributed by atoms with Gasteiger partial charge in [-0.2, -0.15) is 0 Å². The van der Waals surface area contributed by atoms with E-state index in [2.05, 4.69) is 9.97 Å². The van der Waals surface area contributed by atoms with Crippen LogP contribution in [0, 0.1) is 13.8 Å². The van der Waals surface area contributed by atoms with Gasteiger partial charge in [-0.1, -0.05) is 24.3 Å². The van der Waals surface area contributed by atoms with E-state index in [0.717, 1.165) is 23.4 Å². The van der Waals surface area contributed by atoms with Crippen LogP contribution in [0.1, 0.15) is 16.8 Å². The van der Waals surface area contributed by atoms with E-state index in [1.165, 1.54) is 0 Å². The number of aromatic nitrogens is 2. The van der Waals surface area contributed by atoms with Gasteiger partial charge in [-0.15, -0.1) is 0 Å². The van der Waals surface area contributed by atoms with Gasteiger partial charge >= 0.3 is 0 Å². The summed E-state index contributed by atoms with van der Waals surface area (Å²) in [5.41, 5.74) is 3.36. The predicted octanol–water partition coefficient (Wildman–Crippen LogP) is 1.48. The first-order valence-electron chi connectivity index (χ1n) is 6.97. The molecule has 2 rings (SSSR count). The summed E-state index contributed by atoms with van der Waals surface area (Å²) in [5, 5.41) is 8.90. The lowest BCUT2D eigenvalue weighted by atomic mass is 10.1. The Balaban J connectivity index is 2.21. The third-order valence-corrected chi connectivity index (χ3v) is 3.56. The highest BCUT2D eigenvalue weighted by Crippen LogP contribution is 2.16.